The van der Waals surface area contributed by atoms with Crippen molar-refractivity contribution in [2.75, 3.05) is 6.61 Å². The van der Waals surface area contributed by atoms with Gasteiger partial charge < -0.3 is 10.5 Å². The summed E-state index contributed by atoms with van der Waals surface area (Å²) in [5, 5.41) is 12.1. The van der Waals surface area contributed by atoms with E-state index in [9.17, 15) is 0 Å². The van der Waals surface area contributed by atoms with Crippen molar-refractivity contribution >= 4 is 0 Å². The Bertz CT molecular complexity index is 433. The van der Waals surface area contributed by atoms with Crippen LogP contribution in [0.2, 0.25) is 0 Å². The number of hydrogen-bond acceptors (Lipinski definition) is 5. The van der Waals surface area contributed by atoms with Crippen LogP contribution < -0.4 is 5.73 Å². The highest BCUT2D eigenvalue weighted by molar-refractivity contribution is 5.01. The number of nitrogens with zero attached hydrogens (tertiary/aromatic N) is 4. The van der Waals surface area contributed by atoms with E-state index in [-0.39, 0.29) is 11.6 Å². The van der Waals surface area contributed by atoms with Crippen LogP contribution in [0.1, 0.15) is 52.3 Å². The third kappa shape index (κ3) is 3.35. The molecule has 0 spiro atoms. The lowest BCUT2D eigenvalue weighted by Gasteiger charge is -2.46. The minimum absolute atomic E-state index is 0.0808. The number of ether oxygens (including phenoxy) is 1. The van der Waals surface area contributed by atoms with Crippen molar-refractivity contribution in [3.63, 3.8) is 0 Å². The van der Waals surface area contributed by atoms with Gasteiger partial charge >= 0.3 is 0 Å². The first-order chi connectivity index (χ1) is 9.37. The average Bonchev–Trinajstić information content (AvgIpc) is 2.78. The highest BCUT2D eigenvalue weighted by Crippen LogP contribution is 2.43. The molecule has 0 aromatic carbocycles. The van der Waals surface area contributed by atoms with E-state index in [1.54, 1.807) is 7.05 Å². The second-order valence-corrected chi connectivity index (χ2v) is 6.67. The SMILES string of the molecule is CCOC1(C(N)Cc2nnn(C)n2)CCC(C)(C)CC1. The lowest BCUT2D eigenvalue weighted by atomic mass is 9.68. The van der Waals surface area contributed by atoms with Gasteiger partial charge in [0, 0.05) is 19.1 Å². The largest absolute Gasteiger partial charge is 0.374 e. The molecule has 0 amide bonds. The van der Waals surface area contributed by atoms with Gasteiger partial charge in [0.25, 0.3) is 0 Å². The van der Waals surface area contributed by atoms with Crippen molar-refractivity contribution in [1.82, 2.24) is 20.2 Å². The van der Waals surface area contributed by atoms with E-state index in [0.717, 1.165) is 25.7 Å². The molecule has 1 heterocycles. The predicted octanol–water partition coefficient (Wildman–Crippen LogP) is 1.46. The van der Waals surface area contributed by atoms with Crippen LogP contribution in [0.4, 0.5) is 0 Å². The predicted molar refractivity (Wildman–Crippen MR) is 77.1 cm³/mol. The van der Waals surface area contributed by atoms with Gasteiger partial charge in [-0.2, -0.15) is 4.80 Å². The summed E-state index contributed by atoms with van der Waals surface area (Å²) in [7, 11) is 1.77. The first-order valence-electron chi connectivity index (χ1n) is 7.49. The Hall–Kier alpha value is -1.01. The van der Waals surface area contributed by atoms with Crippen LogP contribution >= 0.6 is 0 Å². The minimum atomic E-state index is -0.233. The Labute approximate surface area is 121 Å². The highest BCUT2D eigenvalue weighted by atomic mass is 16.5. The summed E-state index contributed by atoms with van der Waals surface area (Å²) in [4.78, 5) is 1.47. The van der Waals surface area contributed by atoms with E-state index >= 15 is 0 Å². The van der Waals surface area contributed by atoms with Gasteiger partial charge in [-0.05, 0) is 43.2 Å². The van der Waals surface area contributed by atoms with Crippen molar-refractivity contribution in [3.8, 4) is 0 Å². The van der Waals surface area contributed by atoms with Crippen LogP contribution in [0.15, 0.2) is 0 Å². The maximum absolute atomic E-state index is 6.46. The van der Waals surface area contributed by atoms with E-state index in [1.807, 2.05) is 6.92 Å². The van der Waals surface area contributed by atoms with Crippen LogP contribution in [0.5, 0.6) is 0 Å². The normalized spacial score (nSPS) is 22.6. The molecule has 2 rings (SSSR count). The number of nitrogens with two attached hydrogens (primary N) is 1. The molecule has 1 fully saturated rings. The first-order valence-corrected chi connectivity index (χ1v) is 7.49. The zero-order valence-electron chi connectivity index (χ0n) is 13.1. The molecule has 1 aromatic rings. The summed E-state index contributed by atoms with van der Waals surface area (Å²) in [6.07, 6.45) is 4.93. The van der Waals surface area contributed by atoms with Crippen LogP contribution in [0.3, 0.4) is 0 Å². The second kappa shape index (κ2) is 5.77. The summed E-state index contributed by atoms with van der Waals surface area (Å²) < 4.78 is 6.10. The third-order valence-electron chi connectivity index (χ3n) is 4.51. The summed E-state index contributed by atoms with van der Waals surface area (Å²) in [6.45, 7) is 7.37. The molecule has 0 radical (unpaired) electrons. The summed E-state index contributed by atoms with van der Waals surface area (Å²) in [6, 6.07) is -0.0808. The molecule has 0 bridgehead atoms. The molecule has 2 N–H and O–H groups in total. The Balaban J connectivity index is 2.07. The van der Waals surface area contributed by atoms with Crippen LogP contribution in [-0.2, 0) is 18.2 Å². The van der Waals surface area contributed by atoms with E-state index < -0.39 is 0 Å². The van der Waals surface area contributed by atoms with Gasteiger partial charge in [-0.3, -0.25) is 0 Å². The molecular formula is C14H27N5O. The lowest BCUT2D eigenvalue weighted by molar-refractivity contribution is -0.0990. The molecule has 1 aliphatic rings. The molecule has 0 aliphatic heterocycles. The summed E-state index contributed by atoms with van der Waals surface area (Å²) >= 11 is 0. The van der Waals surface area contributed by atoms with Crippen molar-refractivity contribution in [3.05, 3.63) is 5.82 Å². The molecule has 6 nitrogen and oxygen atoms in total. The fourth-order valence-corrected chi connectivity index (χ4v) is 3.05. The zero-order valence-corrected chi connectivity index (χ0v) is 13.1. The monoisotopic (exact) mass is 281 g/mol. The van der Waals surface area contributed by atoms with Gasteiger partial charge in [-0.15, -0.1) is 10.2 Å². The number of aryl methyl sites for hydroxylation is 1. The van der Waals surface area contributed by atoms with Gasteiger partial charge in [0.05, 0.1) is 12.6 Å². The third-order valence-corrected chi connectivity index (χ3v) is 4.51. The van der Waals surface area contributed by atoms with Gasteiger partial charge in [0.2, 0.25) is 0 Å². The zero-order chi connectivity index (χ0) is 14.8. The van der Waals surface area contributed by atoms with Gasteiger partial charge in [-0.25, -0.2) is 0 Å². The standard InChI is InChI=1S/C14H27N5O/c1-5-20-14(8-6-13(2,3)7-9-14)11(15)10-12-16-18-19(4)17-12/h11H,5-10,15H2,1-4H3. The highest BCUT2D eigenvalue weighted by Gasteiger charge is 2.43. The van der Waals surface area contributed by atoms with Crippen LogP contribution in [0, 0.1) is 5.41 Å². The molecule has 114 valence electrons. The molecule has 1 unspecified atom stereocenters. The van der Waals surface area contributed by atoms with Crippen molar-refractivity contribution in [1.29, 1.82) is 0 Å². The second-order valence-electron chi connectivity index (χ2n) is 6.67. The van der Waals surface area contributed by atoms with Gasteiger partial charge in [-0.1, -0.05) is 13.8 Å². The number of hydrogen-bond donors (Lipinski definition) is 1. The maximum atomic E-state index is 6.46. The Morgan fingerprint density at radius 2 is 1.95 bits per heavy atom. The van der Waals surface area contributed by atoms with E-state index in [4.69, 9.17) is 10.5 Å². The average molecular weight is 281 g/mol. The van der Waals surface area contributed by atoms with E-state index in [2.05, 4.69) is 29.3 Å². The number of rotatable bonds is 5. The Morgan fingerprint density at radius 1 is 1.30 bits per heavy atom. The van der Waals surface area contributed by atoms with E-state index in [0.29, 0.717) is 24.3 Å². The summed E-state index contributed by atoms with van der Waals surface area (Å²) in [5.74, 6) is 0.698. The van der Waals surface area contributed by atoms with Crippen molar-refractivity contribution in [2.24, 2.45) is 18.2 Å². The molecule has 1 atom stereocenters. The van der Waals surface area contributed by atoms with Crippen LogP contribution in [-0.4, -0.2) is 38.5 Å². The number of aromatic nitrogens is 4. The fraction of sp³-hybridized carbons (Fsp3) is 0.929. The van der Waals surface area contributed by atoms with Crippen molar-refractivity contribution in [2.45, 2.75) is 64.5 Å². The van der Waals surface area contributed by atoms with Gasteiger partial charge in [0.1, 0.15) is 0 Å². The van der Waals surface area contributed by atoms with E-state index in [1.165, 1.54) is 4.80 Å². The fourth-order valence-electron chi connectivity index (χ4n) is 3.05. The smallest absolute Gasteiger partial charge is 0.176 e. The molecule has 1 saturated carbocycles. The van der Waals surface area contributed by atoms with Crippen LogP contribution in [0.25, 0.3) is 0 Å². The molecule has 20 heavy (non-hydrogen) atoms. The lowest BCUT2D eigenvalue weighted by Crippen LogP contribution is -2.54. The van der Waals surface area contributed by atoms with Crippen molar-refractivity contribution < 1.29 is 4.74 Å². The summed E-state index contributed by atoms with van der Waals surface area (Å²) in [5.41, 5.74) is 6.62. The molecule has 1 aliphatic carbocycles. The topological polar surface area (TPSA) is 78.9 Å². The quantitative estimate of drug-likeness (QED) is 0.884. The molecular weight excluding hydrogens is 254 g/mol. The minimum Gasteiger partial charge on any atom is -0.374 e. The first kappa shape index (κ1) is 15.4. The Morgan fingerprint density at radius 3 is 2.45 bits per heavy atom. The Kier molecular flexibility index (Phi) is 4.44. The van der Waals surface area contributed by atoms with Gasteiger partial charge in [0.15, 0.2) is 5.82 Å². The maximum Gasteiger partial charge on any atom is 0.176 e. The molecule has 6 heteroatoms. The number of tetrazole rings is 1. The molecule has 0 saturated heterocycles. The molecule has 1 aromatic heterocycles.